The second kappa shape index (κ2) is 6.94. The van der Waals surface area contributed by atoms with Crippen molar-refractivity contribution in [3.8, 4) is 0 Å². The number of hydrogen-bond donors (Lipinski definition) is 0. The van der Waals surface area contributed by atoms with Gasteiger partial charge in [0.25, 0.3) is 5.91 Å². The topological polar surface area (TPSA) is 46.6 Å². The van der Waals surface area contributed by atoms with E-state index in [2.05, 4.69) is 15.9 Å². The number of methoxy groups -OCH3 is 1. The lowest BCUT2D eigenvalue weighted by Gasteiger charge is -2.20. The van der Waals surface area contributed by atoms with Crippen molar-refractivity contribution in [1.29, 1.82) is 0 Å². The maximum atomic E-state index is 12.6. The van der Waals surface area contributed by atoms with Crippen molar-refractivity contribution in [1.82, 2.24) is 0 Å². The average Bonchev–Trinajstić information content (AvgIpc) is 2.55. The fourth-order valence-electron chi connectivity index (χ4n) is 2.00. The zero-order valence-corrected chi connectivity index (χ0v) is 14.3. The van der Waals surface area contributed by atoms with Gasteiger partial charge in [-0.1, -0.05) is 39.7 Å². The molecule has 0 radical (unpaired) electrons. The third-order valence-corrected chi connectivity index (χ3v) is 3.96. The Morgan fingerprint density at radius 1 is 1.14 bits per heavy atom. The number of carbonyl (C=O) groups is 2. The highest BCUT2D eigenvalue weighted by molar-refractivity contribution is 9.10. The molecule has 114 valence electrons. The number of benzene rings is 2. The van der Waals surface area contributed by atoms with Gasteiger partial charge in [-0.05, 0) is 30.3 Å². The summed E-state index contributed by atoms with van der Waals surface area (Å²) >= 11 is 9.41. The van der Waals surface area contributed by atoms with Crippen molar-refractivity contribution >= 4 is 45.1 Å². The molecule has 0 aliphatic heterocycles. The maximum absolute atomic E-state index is 12.6. The quantitative estimate of drug-likeness (QED) is 0.749. The van der Waals surface area contributed by atoms with E-state index < -0.39 is 5.97 Å². The lowest BCUT2D eigenvalue weighted by Crippen LogP contribution is -2.28. The van der Waals surface area contributed by atoms with Crippen molar-refractivity contribution in [3.05, 3.63) is 63.1 Å². The molecule has 0 saturated carbocycles. The summed E-state index contributed by atoms with van der Waals surface area (Å²) in [7, 11) is 2.88. The van der Waals surface area contributed by atoms with Gasteiger partial charge in [-0.25, -0.2) is 4.79 Å². The molecule has 0 aliphatic rings. The molecular weight excluding hydrogens is 370 g/mol. The molecule has 0 bridgehead atoms. The Hall–Kier alpha value is -1.85. The molecule has 0 N–H and O–H groups in total. The number of amides is 1. The maximum Gasteiger partial charge on any atom is 0.339 e. The number of anilines is 1. The molecule has 4 nitrogen and oxygen atoms in total. The molecule has 6 heteroatoms. The van der Waals surface area contributed by atoms with Crippen molar-refractivity contribution in [2.45, 2.75) is 0 Å². The first-order valence-corrected chi connectivity index (χ1v) is 7.53. The van der Waals surface area contributed by atoms with E-state index in [0.29, 0.717) is 21.8 Å². The number of para-hydroxylation sites is 1. The minimum Gasteiger partial charge on any atom is -0.465 e. The molecule has 0 unspecified atom stereocenters. The summed E-state index contributed by atoms with van der Waals surface area (Å²) in [5.41, 5.74) is 1.11. The number of esters is 1. The highest BCUT2D eigenvalue weighted by atomic mass is 79.9. The van der Waals surface area contributed by atoms with Crippen molar-refractivity contribution in [2.24, 2.45) is 0 Å². The number of hydrogen-bond acceptors (Lipinski definition) is 3. The first kappa shape index (κ1) is 16.5. The van der Waals surface area contributed by atoms with Gasteiger partial charge in [0.05, 0.1) is 28.9 Å². The van der Waals surface area contributed by atoms with E-state index in [9.17, 15) is 9.59 Å². The Morgan fingerprint density at radius 3 is 2.50 bits per heavy atom. The van der Waals surface area contributed by atoms with Gasteiger partial charge in [-0.15, -0.1) is 0 Å². The first-order chi connectivity index (χ1) is 10.5. The summed E-state index contributed by atoms with van der Waals surface area (Å²) in [6.45, 7) is 0. The number of ether oxygens (including phenoxy) is 1. The highest BCUT2D eigenvalue weighted by Crippen LogP contribution is 2.26. The second-order valence-corrected chi connectivity index (χ2v) is 5.82. The van der Waals surface area contributed by atoms with Gasteiger partial charge in [-0.2, -0.15) is 0 Å². The molecule has 2 aromatic carbocycles. The molecule has 0 aromatic heterocycles. The Bertz CT molecular complexity index is 733. The third kappa shape index (κ3) is 3.31. The van der Waals surface area contributed by atoms with Gasteiger partial charge in [0.2, 0.25) is 0 Å². The molecule has 0 fully saturated rings. The minimum absolute atomic E-state index is 0.312. The predicted octanol–water partition coefficient (Wildman–Crippen LogP) is 4.17. The molecule has 0 aliphatic carbocycles. The molecule has 0 spiro atoms. The van der Waals surface area contributed by atoms with Gasteiger partial charge >= 0.3 is 5.97 Å². The van der Waals surface area contributed by atoms with Crippen molar-refractivity contribution < 1.29 is 14.3 Å². The smallest absolute Gasteiger partial charge is 0.339 e. The molecular formula is C16H13BrClNO3. The largest absolute Gasteiger partial charge is 0.465 e. The summed E-state index contributed by atoms with van der Waals surface area (Å²) in [5.74, 6) is -0.821. The van der Waals surface area contributed by atoms with Crippen molar-refractivity contribution in [3.63, 3.8) is 0 Å². The summed E-state index contributed by atoms with van der Waals surface area (Å²) in [6.07, 6.45) is 0. The Balaban J connectivity index is 2.44. The van der Waals surface area contributed by atoms with E-state index in [1.54, 1.807) is 49.5 Å². The zero-order chi connectivity index (χ0) is 16.3. The van der Waals surface area contributed by atoms with Crippen molar-refractivity contribution in [2.75, 3.05) is 19.1 Å². The fraction of sp³-hybridized carbons (Fsp3) is 0.125. The van der Waals surface area contributed by atoms with E-state index in [4.69, 9.17) is 16.3 Å². The number of carbonyl (C=O) groups excluding carboxylic acids is 2. The van der Waals surface area contributed by atoms with Gasteiger partial charge in [0, 0.05) is 11.5 Å². The van der Waals surface area contributed by atoms with Crippen LogP contribution in [0.4, 0.5) is 5.69 Å². The number of nitrogens with zero attached hydrogens (tertiary/aromatic N) is 1. The van der Waals surface area contributed by atoms with Crippen LogP contribution < -0.4 is 4.90 Å². The van der Waals surface area contributed by atoms with Crippen LogP contribution in [0.1, 0.15) is 20.7 Å². The van der Waals surface area contributed by atoms with E-state index in [0.717, 1.165) is 4.47 Å². The Morgan fingerprint density at radius 2 is 1.82 bits per heavy atom. The molecule has 0 heterocycles. The van der Waals surface area contributed by atoms with Crippen LogP contribution in [0.5, 0.6) is 0 Å². The normalized spacial score (nSPS) is 10.2. The number of halogens is 2. The van der Waals surface area contributed by atoms with Crippen LogP contribution in [0.2, 0.25) is 5.02 Å². The van der Waals surface area contributed by atoms with Crippen LogP contribution in [0, 0.1) is 0 Å². The van der Waals surface area contributed by atoms with Gasteiger partial charge in [-0.3, -0.25) is 4.79 Å². The van der Waals surface area contributed by atoms with Crippen LogP contribution in [-0.2, 0) is 4.74 Å². The lowest BCUT2D eigenvalue weighted by atomic mass is 10.1. The van der Waals surface area contributed by atoms with Gasteiger partial charge < -0.3 is 9.64 Å². The predicted molar refractivity (Wildman–Crippen MR) is 89.7 cm³/mol. The summed E-state index contributed by atoms with van der Waals surface area (Å²) < 4.78 is 5.49. The van der Waals surface area contributed by atoms with Gasteiger partial charge in [0.1, 0.15) is 0 Å². The van der Waals surface area contributed by atoms with E-state index in [1.165, 1.54) is 12.0 Å². The van der Waals surface area contributed by atoms with Crippen LogP contribution >= 0.6 is 27.5 Å². The van der Waals surface area contributed by atoms with E-state index in [1.807, 2.05) is 0 Å². The molecule has 2 aromatic rings. The van der Waals surface area contributed by atoms with Crippen LogP contribution in [0.25, 0.3) is 0 Å². The van der Waals surface area contributed by atoms with Crippen LogP contribution in [0.15, 0.2) is 46.9 Å². The van der Waals surface area contributed by atoms with E-state index >= 15 is 0 Å². The fourth-order valence-corrected chi connectivity index (χ4v) is 2.56. The standard InChI is InChI=1S/C16H13BrClNO3/c1-19(14-6-4-3-5-11(14)16(21)22-2)15(20)12-9-10(17)7-8-13(12)18/h3-9H,1-2H3. The van der Waals surface area contributed by atoms with Gasteiger partial charge in [0.15, 0.2) is 0 Å². The van der Waals surface area contributed by atoms with Crippen LogP contribution in [-0.4, -0.2) is 26.0 Å². The van der Waals surface area contributed by atoms with E-state index in [-0.39, 0.29) is 5.91 Å². The second-order valence-electron chi connectivity index (χ2n) is 4.50. The minimum atomic E-state index is -0.504. The summed E-state index contributed by atoms with van der Waals surface area (Å²) in [5, 5.41) is 0.343. The molecule has 22 heavy (non-hydrogen) atoms. The summed E-state index contributed by atoms with van der Waals surface area (Å²) in [4.78, 5) is 25.8. The Kier molecular flexibility index (Phi) is 5.21. The third-order valence-electron chi connectivity index (χ3n) is 3.13. The Labute approximate surface area is 141 Å². The monoisotopic (exact) mass is 381 g/mol. The molecule has 0 saturated heterocycles. The zero-order valence-electron chi connectivity index (χ0n) is 12.0. The highest BCUT2D eigenvalue weighted by Gasteiger charge is 2.21. The van der Waals surface area contributed by atoms with Crippen LogP contribution in [0.3, 0.4) is 0 Å². The molecule has 2 rings (SSSR count). The SMILES string of the molecule is COC(=O)c1ccccc1N(C)C(=O)c1cc(Br)ccc1Cl. The molecule has 1 amide bonds. The number of rotatable bonds is 3. The lowest BCUT2D eigenvalue weighted by molar-refractivity contribution is 0.0601. The molecule has 0 atom stereocenters. The average molecular weight is 383 g/mol. The summed E-state index contributed by atoms with van der Waals surface area (Å²) in [6, 6.07) is 11.8. The first-order valence-electron chi connectivity index (χ1n) is 6.36.